The lowest BCUT2D eigenvalue weighted by Gasteiger charge is -2.23. The predicted octanol–water partition coefficient (Wildman–Crippen LogP) is 2.00. The van der Waals surface area contributed by atoms with Crippen molar-refractivity contribution in [2.24, 2.45) is 5.16 Å². The van der Waals surface area contributed by atoms with E-state index in [9.17, 15) is 9.59 Å². The van der Waals surface area contributed by atoms with Crippen LogP contribution in [-0.4, -0.2) is 42.6 Å². The number of oxime groups is 1. The molecule has 1 aromatic carbocycles. The quantitative estimate of drug-likeness (QED) is 0.471. The number of amides is 1. The Morgan fingerprint density at radius 3 is 2.65 bits per heavy atom. The van der Waals surface area contributed by atoms with Crippen LogP contribution < -0.4 is 14.8 Å². The van der Waals surface area contributed by atoms with Crippen LogP contribution in [-0.2, 0) is 19.2 Å². The topological polar surface area (TPSA) is 95.5 Å². The van der Waals surface area contributed by atoms with Gasteiger partial charge in [0.25, 0.3) is 5.91 Å². The number of carbonyl (C=O) groups excluding carboxylic acids is 2. The summed E-state index contributed by atoms with van der Waals surface area (Å²) in [4.78, 5) is 28.7. The molecule has 26 heavy (non-hydrogen) atoms. The van der Waals surface area contributed by atoms with Gasteiger partial charge in [0.15, 0.2) is 17.6 Å². The Bertz CT molecular complexity index is 708. The summed E-state index contributed by atoms with van der Waals surface area (Å²) in [5.74, 6) is 0.262. The van der Waals surface area contributed by atoms with Gasteiger partial charge >= 0.3 is 5.97 Å². The molecule has 0 aromatic heterocycles. The van der Waals surface area contributed by atoms with E-state index in [2.05, 4.69) is 10.5 Å². The van der Waals surface area contributed by atoms with Gasteiger partial charge in [0.05, 0.1) is 5.71 Å². The maximum absolute atomic E-state index is 11.9. The second-order valence-corrected chi connectivity index (χ2v) is 6.89. The average Bonchev–Trinajstić information content (AvgIpc) is 3.00. The van der Waals surface area contributed by atoms with Crippen LogP contribution in [0.3, 0.4) is 0 Å². The Balaban J connectivity index is 1.81. The maximum atomic E-state index is 11.9. The molecule has 1 N–H and O–H groups in total. The van der Waals surface area contributed by atoms with Crippen molar-refractivity contribution in [2.45, 2.75) is 46.3 Å². The molecule has 1 atom stereocenters. The standard InChI is InChI=1S/C18H24N2O6/c1-11(13-6-7-14-15(8-13)24-10-23-14)20-25-9-16(21)26-12(2)17(22)19-18(3,4)5/h6-8,12H,9-10H2,1-5H3,(H,19,22)/b20-11+. The van der Waals surface area contributed by atoms with Gasteiger partial charge in [-0.2, -0.15) is 0 Å². The van der Waals surface area contributed by atoms with Crippen LogP contribution in [0.25, 0.3) is 0 Å². The number of hydrogen-bond donors (Lipinski definition) is 1. The summed E-state index contributed by atoms with van der Waals surface area (Å²) in [6.07, 6.45) is -0.913. The van der Waals surface area contributed by atoms with Gasteiger partial charge in [-0.15, -0.1) is 0 Å². The van der Waals surface area contributed by atoms with Gasteiger partial charge in [-0.3, -0.25) is 4.79 Å². The van der Waals surface area contributed by atoms with E-state index in [0.717, 1.165) is 5.56 Å². The van der Waals surface area contributed by atoms with Crippen LogP contribution in [0, 0.1) is 0 Å². The Morgan fingerprint density at radius 1 is 1.27 bits per heavy atom. The molecule has 1 amide bonds. The molecular weight excluding hydrogens is 340 g/mol. The number of benzene rings is 1. The van der Waals surface area contributed by atoms with Crippen molar-refractivity contribution in [3.05, 3.63) is 23.8 Å². The zero-order valence-electron chi connectivity index (χ0n) is 15.6. The first-order chi connectivity index (χ1) is 12.2. The van der Waals surface area contributed by atoms with Crippen molar-refractivity contribution in [3.63, 3.8) is 0 Å². The van der Waals surface area contributed by atoms with E-state index < -0.39 is 24.2 Å². The van der Waals surface area contributed by atoms with Crippen molar-refractivity contribution in [2.75, 3.05) is 13.4 Å². The molecule has 2 rings (SSSR count). The van der Waals surface area contributed by atoms with Crippen molar-refractivity contribution >= 4 is 17.6 Å². The fraction of sp³-hybridized carbons (Fsp3) is 0.500. The van der Waals surface area contributed by atoms with Crippen LogP contribution >= 0.6 is 0 Å². The molecule has 0 saturated heterocycles. The second-order valence-electron chi connectivity index (χ2n) is 6.89. The number of carbonyl (C=O) groups is 2. The first kappa shape index (κ1) is 19.6. The Labute approximate surface area is 152 Å². The van der Waals surface area contributed by atoms with Crippen molar-refractivity contribution in [1.82, 2.24) is 5.32 Å². The minimum atomic E-state index is -0.913. The summed E-state index contributed by atoms with van der Waals surface area (Å²) in [5.41, 5.74) is 0.940. The number of esters is 1. The van der Waals surface area contributed by atoms with Gasteiger partial charge in [0, 0.05) is 11.1 Å². The first-order valence-corrected chi connectivity index (χ1v) is 8.24. The molecule has 1 aliphatic rings. The van der Waals surface area contributed by atoms with Gasteiger partial charge in [0.1, 0.15) is 0 Å². The van der Waals surface area contributed by atoms with Crippen molar-refractivity contribution in [1.29, 1.82) is 0 Å². The molecule has 8 nitrogen and oxygen atoms in total. The van der Waals surface area contributed by atoms with Crippen LogP contribution in [0.4, 0.5) is 0 Å². The number of nitrogens with zero attached hydrogens (tertiary/aromatic N) is 1. The number of fused-ring (bicyclic) bond motifs is 1. The van der Waals surface area contributed by atoms with Crippen LogP contribution in [0.15, 0.2) is 23.4 Å². The molecule has 0 fully saturated rings. The minimum Gasteiger partial charge on any atom is -0.454 e. The molecule has 1 unspecified atom stereocenters. The summed E-state index contributed by atoms with van der Waals surface area (Å²) in [6, 6.07) is 5.37. The smallest absolute Gasteiger partial charge is 0.347 e. The van der Waals surface area contributed by atoms with E-state index in [0.29, 0.717) is 17.2 Å². The number of hydrogen-bond acceptors (Lipinski definition) is 7. The monoisotopic (exact) mass is 364 g/mol. The highest BCUT2D eigenvalue weighted by Gasteiger charge is 2.22. The average molecular weight is 364 g/mol. The number of rotatable bonds is 6. The van der Waals surface area contributed by atoms with E-state index in [4.69, 9.17) is 19.0 Å². The molecule has 0 saturated carbocycles. The summed E-state index contributed by atoms with van der Waals surface area (Å²) >= 11 is 0. The van der Waals surface area contributed by atoms with Crippen molar-refractivity contribution in [3.8, 4) is 11.5 Å². The normalized spacial score (nSPS) is 14.6. The molecule has 1 heterocycles. The van der Waals surface area contributed by atoms with E-state index in [1.807, 2.05) is 26.8 Å². The lowest BCUT2D eigenvalue weighted by molar-refractivity contribution is -0.159. The molecule has 0 aliphatic carbocycles. The van der Waals surface area contributed by atoms with Crippen LogP contribution in [0.1, 0.15) is 40.2 Å². The van der Waals surface area contributed by atoms with Gasteiger partial charge in [-0.05, 0) is 52.8 Å². The summed E-state index contributed by atoms with van der Waals surface area (Å²) < 4.78 is 15.6. The maximum Gasteiger partial charge on any atom is 0.347 e. The van der Waals surface area contributed by atoms with Crippen LogP contribution in [0.2, 0.25) is 0 Å². The molecule has 142 valence electrons. The van der Waals surface area contributed by atoms with Gasteiger partial charge < -0.3 is 24.4 Å². The van der Waals surface area contributed by atoms with E-state index in [1.54, 1.807) is 19.1 Å². The Morgan fingerprint density at radius 2 is 1.96 bits per heavy atom. The summed E-state index contributed by atoms with van der Waals surface area (Å²) in [7, 11) is 0. The van der Waals surface area contributed by atoms with E-state index >= 15 is 0 Å². The largest absolute Gasteiger partial charge is 0.454 e. The molecular formula is C18H24N2O6. The highest BCUT2D eigenvalue weighted by Crippen LogP contribution is 2.32. The second kappa shape index (κ2) is 8.07. The highest BCUT2D eigenvalue weighted by molar-refractivity contribution is 5.99. The molecule has 8 heteroatoms. The lowest BCUT2D eigenvalue weighted by Crippen LogP contribution is -2.46. The third-order valence-electron chi connectivity index (χ3n) is 3.35. The molecule has 1 aromatic rings. The zero-order valence-corrected chi connectivity index (χ0v) is 15.6. The lowest BCUT2D eigenvalue weighted by atomic mass is 10.1. The fourth-order valence-corrected chi connectivity index (χ4v) is 2.11. The fourth-order valence-electron chi connectivity index (χ4n) is 2.11. The Kier molecular flexibility index (Phi) is 6.07. The van der Waals surface area contributed by atoms with Gasteiger partial charge in [0.2, 0.25) is 13.4 Å². The summed E-state index contributed by atoms with van der Waals surface area (Å²) in [6.45, 7) is 8.57. The van der Waals surface area contributed by atoms with Crippen molar-refractivity contribution < 1.29 is 28.6 Å². The van der Waals surface area contributed by atoms with E-state index in [-0.39, 0.29) is 12.7 Å². The Hall–Kier alpha value is -2.77. The third-order valence-corrected chi connectivity index (χ3v) is 3.35. The SMILES string of the molecule is C/C(=N\OCC(=O)OC(C)C(=O)NC(C)(C)C)c1ccc2c(c1)OCO2. The summed E-state index contributed by atoms with van der Waals surface area (Å²) in [5, 5.41) is 6.62. The third kappa shape index (κ3) is 5.65. The first-order valence-electron chi connectivity index (χ1n) is 8.24. The molecule has 0 spiro atoms. The molecule has 1 aliphatic heterocycles. The molecule has 0 radical (unpaired) electrons. The predicted molar refractivity (Wildman–Crippen MR) is 94.2 cm³/mol. The number of ether oxygens (including phenoxy) is 3. The highest BCUT2D eigenvalue weighted by atomic mass is 16.7. The molecule has 0 bridgehead atoms. The minimum absolute atomic E-state index is 0.193. The zero-order chi connectivity index (χ0) is 19.3. The number of nitrogens with one attached hydrogen (secondary N) is 1. The van der Waals surface area contributed by atoms with Gasteiger partial charge in [-0.1, -0.05) is 5.16 Å². The van der Waals surface area contributed by atoms with E-state index in [1.165, 1.54) is 6.92 Å². The van der Waals surface area contributed by atoms with Crippen LogP contribution in [0.5, 0.6) is 11.5 Å². The van der Waals surface area contributed by atoms with Gasteiger partial charge in [-0.25, -0.2) is 4.79 Å².